The molecule has 1 aromatic heterocycles. The quantitative estimate of drug-likeness (QED) is 0.712. The molecule has 2 heterocycles. The first-order valence-corrected chi connectivity index (χ1v) is 9.33. The number of hydrogen-bond donors (Lipinski definition) is 0. The summed E-state index contributed by atoms with van der Waals surface area (Å²) in [4.78, 5) is 4.07. The van der Waals surface area contributed by atoms with Crippen LogP contribution < -0.4 is 0 Å². The van der Waals surface area contributed by atoms with E-state index in [-0.39, 0.29) is 11.7 Å². The molecule has 2 aromatic rings. The Kier molecular flexibility index (Phi) is 5.90. The minimum Gasteiger partial charge on any atom is -0.373 e. The fourth-order valence-corrected chi connectivity index (χ4v) is 3.44. The Morgan fingerprint density at radius 1 is 1.19 bits per heavy atom. The summed E-state index contributed by atoms with van der Waals surface area (Å²) >= 11 is 12.5. The zero-order chi connectivity index (χ0) is 18.8. The maximum atomic E-state index is 6.47. The highest BCUT2D eigenvalue weighted by atomic mass is 35.5. The first-order chi connectivity index (χ1) is 12.3. The monoisotopic (exact) mass is 395 g/mol. The predicted octanol–water partition coefficient (Wildman–Crippen LogP) is 5.01. The van der Waals surface area contributed by atoms with Crippen LogP contribution in [0.1, 0.15) is 31.9 Å². The van der Waals surface area contributed by atoms with E-state index < -0.39 is 5.79 Å². The van der Waals surface area contributed by atoms with Gasteiger partial charge < -0.3 is 14.2 Å². The highest BCUT2D eigenvalue weighted by Crippen LogP contribution is 2.41. The number of benzene rings is 1. The molecule has 140 valence electrons. The summed E-state index contributed by atoms with van der Waals surface area (Å²) in [5.41, 5.74) is 1.57. The van der Waals surface area contributed by atoms with Crippen LogP contribution in [-0.2, 0) is 26.4 Å². The van der Waals surface area contributed by atoms with Crippen molar-refractivity contribution in [1.29, 1.82) is 0 Å². The van der Waals surface area contributed by atoms with E-state index in [2.05, 4.69) is 4.98 Å². The van der Waals surface area contributed by atoms with Gasteiger partial charge in [-0.15, -0.1) is 0 Å². The standard InChI is InChI=1S/C20H23Cl2NO3/c1-19(2,3)24-12-16-13-25-20(26-16,11-14-6-8-23-9-7-14)17-5-4-15(21)10-18(17)22/h4-10,16H,11-13H2,1-3H3. The Bertz CT molecular complexity index is 748. The Morgan fingerprint density at radius 2 is 1.92 bits per heavy atom. The molecule has 0 N–H and O–H groups in total. The number of ether oxygens (including phenoxy) is 3. The normalized spacial score (nSPS) is 23.3. The van der Waals surface area contributed by atoms with Crippen molar-refractivity contribution in [2.24, 2.45) is 0 Å². The van der Waals surface area contributed by atoms with Gasteiger partial charge in [0.1, 0.15) is 6.10 Å². The molecule has 2 atom stereocenters. The van der Waals surface area contributed by atoms with E-state index in [9.17, 15) is 0 Å². The van der Waals surface area contributed by atoms with E-state index in [1.165, 1.54) is 0 Å². The van der Waals surface area contributed by atoms with Gasteiger partial charge in [0.05, 0.1) is 23.8 Å². The summed E-state index contributed by atoms with van der Waals surface area (Å²) in [7, 11) is 0. The zero-order valence-corrected chi connectivity index (χ0v) is 16.7. The zero-order valence-electron chi connectivity index (χ0n) is 15.2. The van der Waals surface area contributed by atoms with Crippen molar-refractivity contribution in [2.75, 3.05) is 13.2 Å². The molecule has 4 nitrogen and oxygen atoms in total. The molecule has 2 unspecified atom stereocenters. The Hall–Kier alpha value is -1.17. The fourth-order valence-electron chi connectivity index (χ4n) is 2.89. The van der Waals surface area contributed by atoms with E-state index in [0.29, 0.717) is 29.7 Å². The van der Waals surface area contributed by atoms with Crippen LogP contribution in [0.4, 0.5) is 0 Å². The lowest BCUT2D eigenvalue weighted by Gasteiger charge is -2.30. The molecule has 1 aromatic carbocycles. The van der Waals surface area contributed by atoms with Crippen LogP contribution in [0.2, 0.25) is 10.0 Å². The average molecular weight is 396 g/mol. The van der Waals surface area contributed by atoms with Crippen LogP contribution >= 0.6 is 23.2 Å². The SMILES string of the molecule is CC(C)(C)OCC1COC(Cc2ccncc2)(c2ccc(Cl)cc2Cl)O1. The number of pyridine rings is 1. The lowest BCUT2D eigenvalue weighted by Crippen LogP contribution is -2.33. The third kappa shape index (κ3) is 4.76. The number of rotatable bonds is 5. The molecule has 0 amide bonds. The number of hydrogen-bond acceptors (Lipinski definition) is 4. The van der Waals surface area contributed by atoms with Crippen molar-refractivity contribution >= 4 is 23.2 Å². The van der Waals surface area contributed by atoms with Gasteiger partial charge in [0, 0.05) is 29.4 Å². The van der Waals surface area contributed by atoms with E-state index >= 15 is 0 Å². The van der Waals surface area contributed by atoms with Gasteiger partial charge in [-0.3, -0.25) is 4.98 Å². The first-order valence-electron chi connectivity index (χ1n) is 8.58. The molecule has 26 heavy (non-hydrogen) atoms. The van der Waals surface area contributed by atoms with Crippen LogP contribution in [0.3, 0.4) is 0 Å². The topological polar surface area (TPSA) is 40.6 Å². The minimum atomic E-state index is -0.977. The van der Waals surface area contributed by atoms with Crippen LogP contribution in [0, 0.1) is 0 Å². The van der Waals surface area contributed by atoms with Gasteiger partial charge >= 0.3 is 0 Å². The van der Waals surface area contributed by atoms with Gasteiger partial charge in [0.2, 0.25) is 5.79 Å². The van der Waals surface area contributed by atoms with Gasteiger partial charge in [0.15, 0.2) is 0 Å². The molecular formula is C20H23Cl2NO3. The largest absolute Gasteiger partial charge is 0.373 e. The molecule has 0 aliphatic carbocycles. The molecular weight excluding hydrogens is 373 g/mol. The molecule has 1 aliphatic rings. The summed E-state index contributed by atoms with van der Waals surface area (Å²) in [5, 5.41) is 1.09. The van der Waals surface area contributed by atoms with E-state index in [1.54, 1.807) is 24.5 Å². The van der Waals surface area contributed by atoms with Crippen LogP contribution in [0.25, 0.3) is 0 Å². The predicted molar refractivity (Wildman–Crippen MR) is 103 cm³/mol. The van der Waals surface area contributed by atoms with Crippen molar-refractivity contribution in [3.05, 3.63) is 63.9 Å². The third-order valence-electron chi connectivity index (χ3n) is 4.09. The Labute approximate surface area is 164 Å². The second kappa shape index (κ2) is 7.83. The van der Waals surface area contributed by atoms with Crippen molar-refractivity contribution < 1.29 is 14.2 Å². The molecule has 1 fully saturated rings. The average Bonchev–Trinajstić information content (AvgIpc) is 2.97. The maximum Gasteiger partial charge on any atom is 0.200 e. The van der Waals surface area contributed by atoms with Crippen LogP contribution in [0.15, 0.2) is 42.7 Å². The highest BCUT2D eigenvalue weighted by Gasteiger charge is 2.45. The summed E-state index contributed by atoms with van der Waals surface area (Å²) in [6.07, 6.45) is 3.84. The van der Waals surface area contributed by atoms with Gasteiger partial charge in [-0.05, 0) is 50.6 Å². The smallest absolute Gasteiger partial charge is 0.200 e. The first kappa shape index (κ1) is 19.6. The molecule has 0 spiro atoms. The number of nitrogens with zero attached hydrogens (tertiary/aromatic N) is 1. The van der Waals surface area contributed by atoms with Crippen molar-refractivity contribution in [2.45, 2.75) is 44.7 Å². The molecule has 1 aliphatic heterocycles. The maximum absolute atomic E-state index is 6.47. The Balaban J connectivity index is 1.88. The molecule has 6 heteroatoms. The van der Waals surface area contributed by atoms with Gasteiger partial charge in [0.25, 0.3) is 0 Å². The second-order valence-corrected chi connectivity index (χ2v) is 8.23. The van der Waals surface area contributed by atoms with E-state index in [4.69, 9.17) is 37.4 Å². The molecule has 3 rings (SSSR count). The van der Waals surface area contributed by atoms with Crippen molar-refractivity contribution in [1.82, 2.24) is 4.98 Å². The second-order valence-electron chi connectivity index (χ2n) is 7.38. The van der Waals surface area contributed by atoms with Crippen molar-refractivity contribution in [3.8, 4) is 0 Å². The van der Waals surface area contributed by atoms with Gasteiger partial charge in [-0.2, -0.15) is 0 Å². The van der Waals surface area contributed by atoms with Crippen LogP contribution in [0.5, 0.6) is 0 Å². The molecule has 0 radical (unpaired) electrons. The lowest BCUT2D eigenvalue weighted by molar-refractivity contribution is -0.185. The summed E-state index contributed by atoms with van der Waals surface area (Å²) < 4.78 is 18.4. The van der Waals surface area contributed by atoms with Gasteiger partial charge in [-0.25, -0.2) is 0 Å². The fraction of sp³-hybridized carbons (Fsp3) is 0.450. The highest BCUT2D eigenvalue weighted by molar-refractivity contribution is 6.35. The summed E-state index contributed by atoms with van der Waals surface area (Å²) in [6, 6.07) is 9.24. The molecule has 0 bridgehead atoms. The van der Waals surface area contributed by atoms with Crippen LogP contribution in [-0.4, -0.2) is 29.9 Å². The Morgan fingerprint density at radius 3 is 2.58 bits per heavy atom. The molecule has 1 saturated heterocycles. The lowest BCUT2D eigenvalue weighted by atomic mass is 9.98. The summed E-state index contributed by atoms with van der Waals surface area (Å²) in [6.45, 7) is 6.93. The van der Waals surface area contributed by atoms with E-state index in [1.807, 2.05) is 39.0 Å². The van der Waals surface area contributed by atoms with Crippen molar-refractivity contribution in [3.63, 3.8) is 0 Å². The number of aromatic nitrogens is 1. The summed E-state index contributed by atoms with van der Waals surface area (Å²) in [5.74, 6) is -0.977. The van der Waals surface area contributed by atoms with Gasteiger partial charge in [-0.1, -0.05) is 29.3 Å². The third-order valence-corrected chi connectivity index (χ3v) is 4.64. The minimum absolute atomic E-state index is 0.178. The number of halogens is 2. The van der Waals surface area contributed by atoms with E-state index in [0.717, 1.165) is 11.1 Å². The molecule has 0 saturated carbocycles.